The fraction of sp³-hybridized carbons (Fsp3) is 0.312. The van der Waals surface area contributed by atoms with Crippen molar-refractivity contribution >= 4 is 21.7 Å². The number of hydrogen-bond acceptors (Lipinski definition) is 2. The van der Waals surface area contributed by atoms with Gasteiger partial charge in [0.1, 0.15) is 5.82 Å². The minimum absolute atomic E-state index is 0.410. The lowest BCUT2D eigenvalue weighted by Gasteiger charge is -2.28. The molecule has 0 atom stereocenters. The fourth-order valence-electron chi connectivity index (χ4n) is 2.00. The molecule has 0 N–H and O–H groups in total. The Hall–Kier alpha value is -1.35. The minimum atomic E-state index is 0.410. The quantitative estimate of drug-likeness (QED) is 0.821. The van der Waals surface area contributed by atoms with Gasteiger partial charge in [0.05, 0.1) is 5.69 Å². The number of anilines is 1. The molecule has 2 nitrogen and oxygen atoms in total. The Morgan fingerprint density at radius 2 is 1.79 bits per heavy atom. The van der Waals surface area contributed by atoms with Crippen molar-refractivity contribution in [2.45, 2.75) is 33.4 Å². The predicted molar refractivity (Wildman–Crippen MR) is 84.4 cm³/mol. The fourth-order valence-corrected chi connectivity index (χ4v) is 2.22. The molecule has 0 radical (unpaired) electrons. The monoisotopic (exact) mass is 318 g/mol. The average Bonchev–Trinajstić information content (AvgIpc) is 2.40. The molecule has 0 aliphatic carbocycles. The molecule has 2 rings (SSSR count). The molecule has 0 saturated carbocycles. The van der Waals surface area contributed by atoms with Crippen LogP contribution in [0.3, 0.4) is 0 Å². The summed E-state index contributed by atoms with van der Waals surface area (Å²) in [7, 11) is 0. The molecule has 0 fully saturated rings. The van der Waals surface area contributed by atoms with Crippen LogP contribution in [0.15, 0.2) is 46.9 Å². The van der Waals surface area contributed by atoms with Gasteiger partial charge in [-0.25, -0.2) is 4.98 Å². The van der Waals surface area contributed by atoms with E-state index < -0.39 is 0 Å². The van der Waals surface area contributed by atoms with Crippen LogP contribution >= 0.6 is 15.9 Å². The highest BCUT2D eigenvalue weighted by Crippen LogP contribution is 2.22. The molecule has 1 aromatic heterocycles. The smallest absolute Gasteiger partial charge is 0.129 e. The van der Waals surface area contributed by atoms with Gasteiger partial charge >= 0.3 is 0 Å². The third-order valence-electron chi connectivity index (χ3n) is 3.12. The van der Waals surface area contributed by atoms with Gasteiger partial charge in [0.15, 0.2) is 0 Å². The van der Waals surface area contributed by atoms with Crippen LogP contribution in [0.5, 0.6) is 0 Å². The molecule has 0 spiro atoms. The summed E-state index contributed by atoms with van der Waals surface area (Å²) in [5.41, 5.74) is 2.33. The molecule has 1 aromatic carbocycles. The lowest BCUT2D eigenvalue weighted by atomic mass is 10.2. The molecular weight excluding hydrogens is 300 g/mol. The number of nitrogens with zero attached hydrogens (tertiary/aromatic N) is 2. The van der Waals surface area contributed by atoms with E-state index in [2.05, 4.69) is 76.1 Å². The molecule has 1 heterocycles. The standard InChI is InChI=1S/C16H19BrN2/c1-12(2)19(11-14-7-5-4-6-8-14)16-10-9-15(17)13(3)18-16/h4-10,12H,11H2,1-3H3. The highest BCUT2D eigenvalue weighted by atomic mass is 79.9. The summed E-state index contributed by atoms with van der Waals surface area (Å²) in [6.45, 7) is 7.30. The second-order valence-electron chi connectivity index (χ2n) is 4.94. The van der Waals surface area contributed by atoms with Crippen LogP contribution < -0.4 is 4.90 Å². The van der Waals surface area contributed by atoms with E-state index in [1.807, 2.05) is 13.0 Å². The summed E-state index contributed by atoms with van der Waals surface area (Å²) in [5, 5.41) is 0. The number of rotatable bonds is 4. The molecule has 3 heteroatoms. The van der Waals surface area contributed by atoms with Crippen LogP contribution in [0.1, 0.15) is 25.1 Å². The SMILES string of the molecule is Cc1nc(N(Cc2ccccc2)C(C)C)ccc1Br. The average molecular weight is 319 g/mol. The van der Waals surface area contributed by atoms with Gasteiger partial charge in [-0.15, -0.1) is 0 Å². The molecule has 0 aliphatic rings. The molecule has 0 amide bonds. The number of aryl methyl sites for hydroxylation is 1. The summed E-state index contributed by atoms with van der Waals surface area (Å²) in [6, 6.07) is 15.1. The molecule has 2 aromatic rings. The molecular formula is C16H19BrN2. The van der Waals surface area contributed by atoms with E-state index in [1.54, 1.807) is 0 Å². The van der Waals surface area contributed by atoms with Gasteiger partial charge in [-0.05, 0) is 54.4 Å². The van der Waals surface area contributed by atoms with Crippen molar-refractivity contribution in [1.29, 1.82) is 0 Å². The minimum Gasteiger partial charge on any atom is -0.350 e. The Balaban J connectivity index is 2.27. The molecule has 0 unspecified atom stereocenters. The number of pyridine rings is 1. The zero-order valence-electron chi connectivity index (χ0n) is 11.6. The van der Waals surface area contributed by atoms with Crippen LogP contribution in [0, 0.1) is 6.92 Å². The third kappa shape index (κ3) is 3.57. The Bertz CT molecular complexity index is 538. The van der Waals surface area contributed by atoms with Crippen molar-refractivity contribution < 1.29 is 0 Å². The summed E-state index contributed by atoms with van der Waals surface area (Å²) in [5.74, 6) is 1.03. The van der Waals surface area contributed by atoms with Gasteiger partial charge in [0.2, 0.25) is 0 Å². The van der Waals surface area contributed by atoms with E-state index >= 15 is 0 Å². The molecule has 19 heavy (non-hydrogen) atoms. The topological polar surface area (TPSA) is 16.1 Å². The first-order chi connectivity index (χ1) is 9.08. The zero-order chi connectivity index (χ0) is 13.8. The van der Waals surface area contributed by atoms with Crippen molar-refractivity contribution in [2.75, 3.05) is 4.90 Å². The van der Waals surface area contributed by atoms with Gasteiger partial charge in [0, 0.05) is 17.1 Å². The maximum Gasteiger partial charge on any atom is 0.129 e. The van der Waals surface area contributed by atoms with Gasteiger partial charge in [0.25, 0.3) is 0 Å². The molecule has 0 bridgehead atoms. The second kappa shape index (κ2) is 6.20. The highest BCUT2D eigenvalue weighted by Gasteiger charge is 2.13. The lowest BCUT2D eigenvalue weighted by molar-refractivity contribution is 0.671. The first-order valence-corrected chi connectivity index (χ1v) is 7.31. The number of benzene rings is 1. The number of halogens is 1. The van der Waals surface area contributed by atoms with Gasteiger partial charge < -0.3 is 4.90 Å². The van der Waals surface area contributed by atoms with Crippen molar-refractivity contribution in [1.82, 2.24) is 4.98 Å². The first kappa shape index (κ1) is 14.1. The number of aromatic nitrogens is 1. The van der Waals surface area contributed by atoms with E-state index in [1.165, 1.54) is 5.56 Å². The van der Waals surface area contributed by atoms with Crippen molar-refractivity contribution in [3.8, 4) is 0 Å². The summed E-state index contributed by atoms with van der Waals surface area (Å²) < 4.78 is 1.06. The maximum absolute atomic E-state index is 4.67. The van der Waals surface area contributed by atoms with Crippen LogP contribution in [0.4, 0.5) is 5.82 Å². The van der Waals surface area contributed by atoms with Crippen LogP contribution in [0.25, 0.3) is 0 Å². The lowest BCUT2D eigenvalue weighted by Crippen LogP contribution is -2.31. The zero-order valence-corrected chi connectivity index (χ0v) is 13.2. The first-order valence-electron chi connectivity index (χ1n) is 6.51. The normalized spacial score (nSPS) is 10.8. The van der Waals surface area contributed by atoms with Gasteiger partial charge in [-0.3, -0.25) is 0 Å². The summed E-state index contributed by atoms with van der Waals surface area (Å²) >= 11 is 3.50. The number of hydrogen-bond donors (Lipinski definition) is 0. The Morgan fingerprint density at radius 3 is 2.37 bits per heavy atom. The van der Waals surface area contributed by atoms with Gasteiger partial charge in [-0.1, -0.05) is 30.3 Å². The maximum atomic E-state index is 4.67. The van der Waals surface area contributed by atoms with Crippen LogP contribution in [-0.4, -0.2) is 11.0 Å². The van der Waals surface area contributed by atoms with Crippen molar-refractivity contribution in [3.63, 3.8) is 0 Å². The van der Waals surface area contributed by atoms with Gasteiger partial charge in [-0.2, -0.15) is 0 Å². The molecule has 0 aliphatic heterocycles. The largest absolute Gasteiger partial charge is 0.350 e. The third-order valence-corrected chi connectivity index (χ3v) is 3.96. The van der Waals surface area contributed by atoms with E-state index in [4.69, 9.17) is 0 Å². The van der Waals surface area contributed by atoms with E-state index in [0.29, 0.717) is 6.04 Å². The molecule has 0 saturated heterocycles. The van der Waals surface area contributed by atoms with E-state index in [9.17, 15) is 0 Å². The van der Waals surface area contributed by atoms with Crippen molar-refractivity contribution in [2.24, 2.45) is 0 Å². The highest BCUT2D eigenvalue weighted by molar-refractivity contribution is 9.10. The Kier molecular flexibility index (Phi) is 4.59. The van der Waals surface area contributed by atoms with Crippen LogP contribution in [0.2, 0.25) is 0 Å². The van der Waals surface area contributed by atoms with E-state index in [0.717, 1.165) is 22.5 Å². The molecule has 100 valence electrons. The summed E-state index contributed by atoms with van der Waals surface area (Å²) in [6.07, 6.45) is 0. The second-order valence-corrected chi connectivity index (χ2v) is 5.80. The predicted octanol–water partition coefficient (Wildman–Crippen LogP) is 4.57. The summed E-state index contributed by atoms with van der Waals surface area (Å²) in [4.78, 5) is 6.98. The Morgan fingerprint density at radius 1 is 1.11 bits per heavy atom. The Labute approximate surface area is 123 Å². The van der Waals surface area contributed by atoms with Crippen LogP contribution in [-0.2, 0) is 6.54 Å². The van der Waals surface area contributed by atoms with Crippen molar-refractivity contribution in [3.05, 3.63) is 58.2 Å². The van der Waals surface area contributed by atoms with E-state index in [-0.39, 0.29) is 0 Å².